The first-order chi connectivity index (χ1) is 17.0. The molecule has 0 bridgehead atoms. The number of ether oxygens (including phenoxy) is 1. The quantitative estimate of drug-likeness (QED) is 0.561. The number of hydrogen-bond donors (Lipinski definition) is 2. The summed E-state index contributed by atoms with van der Waals surface area (Å²) >= 11 is 0. The van der Waals surface area contributed by atoms with E-state index >= 15 is 0 Å². The van der Waals surface area contributed by atoms with Crippen LogP contribution in [0, 0.1) is 0 Å². The third kappa shape index (κ3) is 6.42. The largest absolute Gasteiger partial charge is 0.467 e. The van der Waals surface area contributed by atoms with Crippen molar-refractivity contribution in [2.75, 3.05) is 32.8 Å². The Morgan fingerprint density at radius 3 is 2.60 bits per heavy atom. The van der Waals surface area contributed by atoms with Crippen molar-refractivity contribution >= 4 is 17.9 Å². The Morgan fingerprint density at radius 2 is 1.86 bits per heavy atom. The van der Waals surface area contributed by atoms with Crippen LogP contribution in [0.2, 0.25) is 0 Å². The number of urea groups is 1. The standard InChI is InChI=1S/C26H34N4O5/c1-2-34-25(32)18-28-26(33)29-12-10-20(11-13-29)30-14-9-19-6-3-4-8-22(19)23(30)16-24(31)27-17-21-7-5-15-35-21/h3-8,15,20,23H,2,9-14,16-18H2,1H3,(H,27,31)(H,28,33). The van der Waals surface area contributed by atoms with E-state index in [0.29, 0.717) is 32.7 Å². The van der Waals surface area contributed by atoms with Crippen molar-refractivity contribution in [3.8, 4) is 0 Å². The van der Waals surface area contributed by atoms with Gasteiger partial charge >= 0.3 is 12.0 Å². The van der Waals surface area contributed by atoms with Crippen molar-refractivity contribution in [2.45, 2.75) is 51.2 Å². The van der Waals surface area contributed by atoms with Crippen LogP contribution in [0.1, 0.15) is 49.1 Å². The van der Waals surface area contributed by atoms with Crippen LogP contribution in [-0.4, -0.2) is 66.5 Å². The number of benzene rings is 1. The Bertz CT molecular complexity index is 1000. The third-order valence-electron chi connectivity index (χ3n) is 6.78. The van der Waals surface area contributed by atoms with Crippen molar-refractivity contribution in [3.63, 3.8) is 0 Å². The third-order valence-corrected chi connectivity index (χ3v) is 6.78. The van der Waals surface area contributed by atoms with Crippen LogP contribution in [0.4, 0.5) is 4.79 Å². The fourth-order valence-corrected chi connectivity index (χ4v) is 5.05. The van der Waals surface area contributed by atoms with Gasteiger partial charge in [0.15, 0.2) is 0 Å². The van der Waals surface area contributed by atoms with E-state index in [0.717, 1.165) is 31.6 Å². The zero-order valence-corrected chi connectivity index (χ0v) is 20.2. The Labute approximate surface area is 205 Å². The molecule has 1 aromatic carbocycles. The summed E-state index contributed by atoms with van der Waals surface area (Å²) in [4.78, 5) is 41.1. The molecule has 9 heteroatoms. The highest BCUT2D eigenvalue weighted by Gasteiger charge is 2.35. The molecule has 2 aliphatic heterocycles. The molecule has 0 spiro atoms. The summed E-state index contributed by atoms with van der Waals surface area (Å²) < 4.78 is 10.2. The first-order valence-electron chi connectivity index (χ1n) is 12.4. The lowest BCUT2D eigenvalue weighted by Crippen LogP contribution is -2.52. The number of esters is 1. The second-order valence-corrected chi connectivity index (χ2v) is 8.94. The predicted octanol–water partition coefficient (Wildman–Crippen LogP) is 2.62. The number of likely N-dealkylation sites (tertiary alicyclic amines) is 1. The lowest BCUT2D eigenvalue weighted by molar-refractivity contribution is -0.141. The number of amides is 3. The van der Waals surface area contributed by atoms with Gasteiger partial charge in [0.05, 0.1) is 19.4 Å². The van der Waals surface area contributed by atoms with E-state index in [1.807, 2.05) is 18.2 Å². The summed E-state index contributed by atoms with van der Waals surface area (Å²) in [6.07, 6.45) is 4.56. The lowest BCUT2D eigenvalue weighted by Gasteiger charge is -2.45. The second kappa shape index (κ2) is 11.9. The van der Waals surface area contributed by atoms with Gasteiger partial charge in [-0.2, -0.15) is 0 Å². The molecule has 2 aromatic rings. The summed E-state index contributed by atoms with van der Waals surface area (Å²) in [5.74, 6) is 0.285. The smallest absolute Gasteiger partial charge is 0.325 e. The summed E-state index contributed by atoms with van der Waals surface area (Å²) in [5, 5.41) is 5.63. The topological polar surface area (TPSA) is 104 Å². The van der Waals surface area contributed by atoms with Gasteiger partial charge in [-0.1, -0.05) is 24.3 Å². The number of furan rings is 1. The zero-order valence-electron chi connectivity index (χ0n) is 20.2. The molecule has 3 heterocycles. The highest BCUT2D eigenvalue weighted by Crippen LogP contribution is 2.36. The van der Waals surface area contributed by atoms with Gasteiger partial charge in [0.25, 0.3) is 0 Å². The maximum absolute atomic E-state index is 12.9. The number of hydrogen-bond acceptors (Lipinski definition) is 6. The first-order valence-corrected chi connectivity index (χ1v) is 12.4. The molecule has 0 aliphatic carbocycles. The molecule has 9 nitrogen and oxygen atoms in total. The van der Waals surface area contributed by atoms with Crippen molar-refractivity contribution < 1.29 is 23.5 Å². The minimum absolute atomic E-state index is 0.00857. The number of fused-ring (bicyclic) bond motifs is 1. The highest BCUT2D eigenvalue weighted by molar-refractivity contribution is 5.81. The molecule has 1 fully saturated rings. The summed E-state index contributed by atoms with van der Waals surface area (Å²) in [7, 11) is 0. The van der Waals surface area contributed by atoms with Crippen molar-refractivity contribution in [1.82, 2.24) is 20.4 Å². The number of carbonyl (C=O) groups excluding carboxylic acids is 3. The predicted molar refractivity (Wildman–Crippen MR) is 129 cm³/mol. The van der Waals surface area contributed by atoms with E-state index in [1.165, 1.54) is 11.1 Å². The van der Waals surface area contributed by atoms with Crippen LogP contribution in [-0.2, 0) is 27.3 Å². The highest BCUT2D eigenvalue weighted by atomic mass is 16.5. The van der Waals surface area contributed by atoms with Crippen molar-refractivity contribution in [3.05, 3.63) is 59.5 Å². The number of carbonyl (C=O) groups is 3. The monoisotopic (exact) mass is 482 g/mol. The molecule has 3 amide bonds. The van der Waals surface area contributed by atoms with Crippen LogP contribution < -0.4 is 10.6 Å². The Morgan fingerprint density at radius 1 is 1.06 bits per heavy atom. The van der Waals surface area contributed by atoms with Crippen LogP contribution in [0.3, 0.4) is 0 Å². The van der Waals surface area contributed by atoms with Crippen LogP contribution in [0.5, 0.6) is 0 Å². The van der Waals surface area contributed by atoms with Crippen LogP contribution in [0.15, 0.2) is 47.1 Å². The number of rotatable bonds is 8. The summed E-state index contributed by atoms with van der Waals surface area (Å²) in [6, 6.07) is 12.0. The maximum Gasteiger partial charge on any atom is 0.325 e. The fraction of sp³-hybridized carbons (Fsp3) is 0.500. The molecule has 0 radical (unpaired) electrons. The van der Waals surface area contributed by atoms with Gasteiger partial charge in [0.2, 0.25) is 5.91 Å². The lowest BCUT2D eigenvalue weighted by atomic mass is 9.87. The van der Waals surface area contributed by atoms with Gasteiger partial charge in [-0.15, -0.1) is 0 Å². The number of nitrogens with one attached hydrogen (secondary N) is 2. The fourth-order valence-electron chi connectivity index (χ4n) is 5.05. The molecule has 1 atom stereocenters. The molecule has 2 N–H and O–H groups in total. The van der Waals surface area contributed by atoms with E-state index in [1.54, 1.807) is 18.1 Å². The number of piperidine rings is 1. The van der Waals surface area contributed by atoms with Gasteiger partial charge in [-0.05, 0) is 49.4 Å². The molecule has 4 rings (SSSR count). The molecular weight excluding hydrogens is 448 g/mol. The summed E-state index contributed by atoms with van der Waals surface area (Å²) in [6.45, 7) is 4.38. The zero-order chi connectivity index (χ0) is 24.6. The molecule has 1 unspecified atom stereocenters. The summed E-state index contributed by atoms with van der Waals surface area (Å²) in [5.41, 5.74) is 2.50. The van der Waals surface area contributed by atoms with Crippen LogP contribution >= 0.6 is 0 Å². The van der Waals surface area contributed by atoms with Gasteiger partial charge in [-0.3, -0.25) is 14.5 Å². The van der Waals surface area contributed by atoms with Gasteiger partial charge in [-0.25, -0.2) is 4.79 Å². The molecule has 188 valence electrons. The Kier molecular flexibility index (Phi) is 8.41. The van der Waals surface area contributed by atoms with E-state index in [2.05, 4.69) is 33.7 Å². The molecule has 35 heavy (non-hydrogen) atoms. The minimum Gasteiger partial charge on any atom is -0.467 e. The minimum atomic E-state index is -0.434. The Balaban J connectivity index is 1.36. The first kappa shape index (κ1) is 24.8. The molecule has 2 aliphatic rings. The van der Waals surface area contributed by atoms with Crippen LogP contribution in [0.25, 0.3) is 0 Å². The van der Waals surface area contributed by atoms with Gasteiger partial charge in [0, 0.05) is 38.1 Å². The molecular formula is C26H34N4O5. The molecule has 0 saturated carbocycles. The maximum atomic E-state index is 12.9. The second-order valence-electron chi connectivity index (χ2n) is 8.94. The van der Waals surface area contributed by atoms with E-state index < -0.39 is 5.97 Å². The normalized spacial score (nSPS) is 18.5. The average Bonchev–Trinajstić information content (AvgIpc) is 3.40. The SMILES string of the molecule is CCOC(=O)CNC(=O)N1CCC(N2CCc3ccccc3C2CC(=O)NCc2ccco2)CC1. The van der Waals surface area contributed by atoms with Gasteiger partial charge < -0.3 is 24.7 Å². The van der Waals surface area contributed by atoms with Crippen molar-refractivity contribution in [2.24, 2.45) is 0 Å². The Hall–Kier alpha value is -3.33. The molecule has 1 aromatic heterocycles. The van der Waals surface area contributed by atoms with Gasteiger partial charge in [0.1, 0.15) is 12.3 Å². The van der Waals surface area contributed by atoms with E-state index in [9.17, 15) is 14.4 Å². The average molecular weight is 483 g/mol. The van der Waals surface area contributed by atoms with E-state index in [-0.39, 0.29) is 30.6 Å². The molecule has 1 saturated heterocycles. The number of nitrogens with zero attached hydrogens (tertiary/aromatic N) is 2. The van der Waals surface area contributed by atoms with Crippen molar-refractivity contribution in [1.29, 1.82) is 0 Å². The van der Waals surface area contributed by atoms with E-state index in [4.69, 9.17) is 9.15 Å².